The second kappa shape index (κ2) is 7.47. The van der Waals surface area contributed by atoms with Crippen molar-refractivity contribution in [2.24, 2.45) is 17.8 Å². The quantitative estimate of drug-likeness (QED) is 0.338. The van der Waals surface area contributed by atoms with Crippen LogP contribution in [0.2, 0.25) is 0 Å². The third-order valence-electron chi connectivity index (χ3n) is 5.74. The maximum absolute atomic E-state index is 11.0. The summed E-state index contributed by atoms with van der Waals surface area (Å²) in [4.78, 5) is 11.0. The molecule has 0 amide bonds. The topological polar surface area (TPSA) is 26.3 Å². The Morgan fingerprint density at radius 3 is 2.33 bits per heavy atom. The summed E-state index contributed by atoms with van der Waals surface area (Å²) in [6.07, 6.45) is 20.4. The van der Waals surface area contributed by atoms with E-state index in [1.807, 2.05) is 0 Å². The van der Waals surface area contributed by atoms with Crippen molar-refractivity contribution in [1.29, 1.82) is 0 Å². The van der Waals surface area contributed by atoms with E-state index in [1.54, 1.807) is 0 Å². The van der Waals surface area contributed by atoms with Crippen LogP contribution in [0.3, 0.4) is 0 Å². The van der Waals surface area contributed by atoms with Crippen LogP contribution >= 0.6 is 0 Å². The molecule has 1 aliphatic heterocycles. The molecule has 1 heterocycles. The van der Waals surface area contributed by atoms with E-state index in [-0.39, 0.29) is 12.1 Å². The molecule has 1 saturated heterocycles. The second-order valence-corrected chi connectivity index (χ2v) is 7.39. The molecule has 2 fully saturated rings. The van der Waals surface area contributed by atoms with Gasteiger partial charge in [0, 0.05) is 6.42 Å². The number of esters is 1. The van der Waals surface area contributed by atoms with Crippen molar-refractivity contribution >= 4 is 5.97 Å². The van der Waals surface area contributed by atoms with Crippen LogP contribution in [0.5, 0.6) is 0 Å². The highest BCUT2D eigenvalue weighted by Gasteiger charge is 2.34. The second-order valence-electron chi connectivity index (χ2n) is 7.39. The van der Waals surface area contributed by atoms with E-state index in [9.17, 15) is 4.79 Å². The first-order valence-corrected chi connectivity index (χ1v) is 9.19. The van der Waals surface area contributed by atoms with E-state index < -0.39 is 0 Å². The van der Waals surface area contributed by atoms with Gasteiger partial charge < -0.3 is 4.74 Å². The molecule has 0 aromatic heterocycles. The predicted molar refractivity (Wildman–Crippen MR) is 84.9 cm³/mol. The van der Waals surface area contributed by atoms with Gasteiger partial charge in [0.15, 0.2) is 0 Å². The molecule has 118 valence electrons. The molecular weight excluding hydrogens is 260 g/mol. The summed E-state index contributed by atoms with van der Waals surface area (Å²) in [5.41, 5.74) is 0. The lowest BCUT2D eigenvalue weighted by Gasteiger charge is -2.17. The summed E-state index contributed by atoms with van der Waals surface area (Å²) in [5, 5.41) is 0. The van der Waals surface area contributed by atoms with Gasteiger partial charge in [0.2, 0.25) is 0 Å². The zero-order chi connectivity index (χ0) is 14.5. The van der Waals surface area contributed by atoms with Gasteiger partial charge >= 0.3 is 5.97 Å². The normalized spacial score (nSPS) is 33.8. The molecule has 0 spiro atoms. The third kappa shape index (κ3) is 4.34. The fraction of sp³-hybridized carbons (Fsp3) is 0.842. The lowest BCUT2D eigenvalue weighted by atomic mass is 9.88. The largest absolute Gasteiger partial charge is 0.462 e. The summed E-state index contributed by atoms with van der Waals surface area (Å²) < 4.78 is 5.24. The number of fused-ring (bicyclic) bond motifs is 2. The number of unbranched alkanes of at least 4 members (excludes halogenated alkanes) is 5. The average Bonchev–Trinajstić information content (AvgIpc) is 3.18. The number of rotatable bonds is 9. The lowest BCUT2D eigenvalue weighted by Crippen LogP contribution is -2.06. The van der Waals surface area contributed by atoms with Gasteiger partial charge in [0.1, 0.15) is 6.10 Å². The molecule has 3 aliphatic rings. The number of hydrogen-bond acceptors (Lipinski definition) is 2. The molecule has 0 N–H and O–H groups in total. The minimum Gasteiger partial charge on any atom is -0.462 e. The molecule has 0 aromatic rings. The van der Waals surface area contributed by atoms with Crippen LogP contribution in [0.1, 0.15) is 77.0 Å². The van der Waals surface area contributed by atoms with Crippen molar-refractivity contribution in [2.75, 3.05) is 0 Å². The first kappa shape index (κ1) is 15.1. The van der Waals surface area contributed by atoms with Gasteiger partial charge in [-0.25, -0.2) is 0 Å². The molecule has 2 bridgehead atoms. The molecule has 4 atom stereocenters. The molecule has 2 nitrogen and oxygen atoms in total. The predicted octanol–water partition coefficient (Wildman–Crippen LogP) is 5.03. The Labute approximate surface area is 129 Å². The minimum atomic E-state index is 0.00968. The van der Waals surface area contributed by atoms with E-state index in [0.717, 1.165) is 30.6 Å². The van der Waals surface area contributed by atoms with Crippen LogP contribution in [-0.4, -0.2) is 12.1 Å². The monoisotopic (exact) mass is 290 g/mol. The third-order valence-corrected chi connectivity index (χ3v) is 5.74. The van der Waals surface area contributed by atoms with Gasteiger partial charge in [0.05, 0.1) is 0 Å². The Balaban J connectivity index is 1.13. The fourth-order valence-corrected chi connectivity index (χ4v) is 4.50. The Kier molecular flexibility index (Phi) is 5.38. The first-order chi connectivity index (χ1) is 10.3. The Bertz CT molecular complexity index is 374. The van der Waals surface area contributed by atoms with Crippen molar-refractivity contribution in [3.8, 4) is 0 Å². The molecule has 4 unspecified atom stereocenters. The van der Waals surface area contributed by atoms with E-state index >= 15 is 0 Å². The van der Waals surface area contributed by atoms with E-state index in [0.29, 0.717) is 6.42 Å². The number of hydrogen-bond donors (Lipinski definition) is 0. The maximum atomic E-state index is 11.0. The van der Waals surface area contributed by atoms with Crippen LogP contribution in [0, 0.1) is 17.8 Å². The molecular formula is C19H30O2. The Hall–Kier alpha value is -0.790. The zero-order valence-electron chi connectivity index (χ0n) is 13.3. The number of carbonyl (C=O) groups is 1. The Morgan fingerprint density at radius 1 is 0.952 bits per heavy atom. The van der Waals surface area contributed by atoms with Gasteiger partial charge in [-0.05, 0) is 56.3 Å². The summed E-state index contributed by atoms with van der Waals surface area (Å²) in [5.74, 6) is 2.89. The van der Waals surface area contributed by atoms with Crippen LogP contribution in [0.15, 0.2) is 12.2 Å². The van der Waals surface area contributed by atoms with Gasteiger partial charge in [-0.3, -0.25) is 4.79 Å². The zero-order valence-corrected chi connectivity index (χ0v) is 13.3. The van der Waals surface area contributed by atoms with Crippen LogP contribution in [0.4, 0.5) is 0 Å². The van der Waals surface area contributed by atoms with E-state index in [4.69, 9.17) is 4.74 Å². The van der Waals surface area contributed by atoms with E-state index in [2.05, 4.69) is 12.2 Å². The Morgan fingerprint density at radius 2 is 1.71 bits per heavy atom. The molecule has 0 aromatic carbocycles. The van der Waals surface area contributed by atoms with Crippen molar-refractivity contribution in [3.63, 3.8) is 0 Å². The SMILES string of the molecule is O=C1CCC(CCCCCCCCC2CC3C=CC2C3)O1. The summed E-state index contributed by atoms with van der Waals surface area (Å²) in [6.45, 7) is 0. The first-order valence-electron chi connectivity index (χ1n) is 9.19. The van der Waals surface area contributed by atoms with Crippen molar-refractivity contribution in [2.45, 2.75) is 83.2 Å². The highest BCUT2D eigenvalue weighted by molar-refractivity contribution is 5.71. The standard InChI is InChI=1S/C19H30O2/c20-19-12-11-18(21-19)8-6-4-2-1-3-5-7-16-13-15-9-10-17(16)14-15/h9-10,15-18H,1-8,11-14H2. The van der Waals surface area contributed by atoms with Crippen molar-refractivity contribution < 1.29 is 9.53 Å². The summed E-state index contributed by atoms with van der Waals surface area (Å²) in [6, 6.07) is 0. The highest BCUT2D eigenvalue weighted by atomic mass is 16.5. The van der Waals surface area contributed by atoms with E-state index in [1.165, 1.54) is 57.8 Å². The minimum absolute atomic E-state index is 0.00968. The smallest absolute Gasteiger partial charge is 0.306 e. The van der Waals surface area contributed by atoms with Gasteiger partial charge in [-0.1, -0.05) is 44.3 Å². The fourth-order valence-electron chi connectivity index (χ4n) is 4.50. The van der Waals surface area contributed by atoms with Gasteiger partial charge in [-0.2, -0.15) is 0 Å². The number of ether oxygens (including phenoxy) is 1. The van der Waals surface area contributed by atoms with Crippen molar-refractivity contribution in [3.05, 3.63) is 12.2 Å². The number of allylic oxidation sites excluding steroid dienone is 2. The maximum Gasteiger partial charge on any atom is 0.306 e. The molecule has 2 heteroatoms. The number of cyclic esters (lactones) is 1. The highest BCUT2D eigenvalue weighted by Crippen LogP contribution is 2.45. The van der Waals surface area contributed by atoms with Crippen LogP contribution in [0.25, 0.3) is 0 Å². The van der Waals surface area contributed by atoms with Gasteiger partial charge in [-0.15, -0.1) is 0 Å². The lowest BCUT2D eigenvalue weighted by molar-refractivity contribution is -0.141. The molecule has 0 radical (unpaired) electrons. The summed E-state index contributed by atoms with van der Waals surface area (Å²) >= 11 is 0. The molecule has 3 rings (SSSR count). The van der Waals surface area contributed by atoms with Crippen molar-refractivity contribution in [1.82, 2.24) is 0 Å². The molecule has 2 aliphatic carbocycles. The average molecular weight is 290 g/mol. The van der Waals surface area contributed by atoms with Gasteiger partial charge in [0.25, 0.3) is 0 Å². The molecule has 1 saturated carbocycles. The van der Waals surface area contributed by atoms with Crippen LogP contribution < -0.4 is 0 Å². The summed E-state index contributed by atoms with van der Waals surface area (Å²) in [7, 11) is 0. The van der Waals surface area contributed by atoms with Crippen LogP contribution in [-0.2, 0) is 9.53 Å². The molecule has 21 heavy (non-hydrogen) atoms. The number of carbonyl (C=O) groups excluding carboxylic acids is 1.